The molecule has 3 aromatic carbocycles. The minimum Gasteiger partial charge on any atom is -0.493 e. The fourth-order valence-corrected chi connectivity index (χ4v) is 4.44. The average Bonchev–Trinajstić information content (AvgIpc) is 2.87. The molecule has 36 heavy (non-hydrogen) atoms. The number of aryl methyl sites for hydroxylation is 1. The van der Waals surface area contributed by atoms with Crippen molar-refractivity contribution in [1.29, 1.82) is 0 Å². The lowest BCUT2D eigenvalue weighted by atomic mass is 10.2. The molecule has 186 valence electrons. The minimum absolute atomic E-state index is 0.213. The maximum Gasteiger partial charge on any atom is 0.282 e. The lowest BCUT2D eigenvalue weighted by molar-refractivity contribution is 0.284. The zero-order valence-electron chi connectivity index (χ0n) is 19.8. The summed E-state index contributed by atoms with van der Waals surface area (Å²) in [6, 6.07) is 16.2. The quantitative estimate of drug-likeness (QED) is 0.193. The highest BCUT2D eigenvalue weighted by Crippen LogP contribution is 2.30. The molecule has 0 unspecified atom stereocenters. The van der Waals surface area contributed by atoms with Crippen molar-refractivity contribution in [1.82, 2.24) is 9.66 Å². The molecule has 0 saturated carbocycles. The Balaban J connectivity index is 1.62. The lowest BCUT2D eigenvalue weighted by Crippen LogP contribution is -2.22. The number of unbranched alkanes of at least 4 members (excludes halogenated alkanes) is 1. The number of nitrogens with zero attached hydrogens (tertiary/aromatic N) is 3. The summed E-state index contributed by atoms with van der Waals surface area (Å²) in [7, 11) is 1.57. The van der Waals surface area contributed by atoms with E-state index in [0.29, 0.717) is 44.7 Å². The summed E-state index contributed by atoms with van der Waals surface area (Å²) in [6.45, 7) is 2.36. The highest BCUT2D eigenvalue weighted by atomic mass is 79.9. The van der Waals surface area contributed by atoms with Gasteiger partial charge < -0.3 is 9.47 Å². The third kappa shape index (κ3) is 6.09. The number of hydrogen-bond donors (Lipinski definition) is 0. The second kappa shape index (κ2) is 11.9. The standard InChI is InChI=1S/C27H24BrCl2N3O3/c1-3-4-5-26-32-23-10-8-19(28)13-21(23)27(34)33(26)31-15-17-6-11-24(25(12-17)35-2)36-16-18-7-9-20(29)14-22(18)30/h6-15H,3-5,16H2,1-2H3. The third-order valence-electron chi connectivity index (χ3n) is 5.54. The monoisotopic (exact) mass is 587 g/mol. The van der Waals surface area contributed by atoms with Crippen LogP contribution in [0, 0.1) is 0 Å². The molecule has 1 aromatic heterocycles. The maximum atomic E-state index is 13.3. The van der Waals surface area contributed by atoms with Gasteiger partial charge in [0.2, 0.25) is 0 Å². The van der Waals surface area contributed by atoms with E-state index >= 15 is 0 Å². The van der Waals surface area contributed by atoms with Gasteiger partial charge in [0.25, 0.3) is 5.56 Å². The molecule has 0 N–H and O–H groups in total. The molecule has 0 saturated heterocycles. The first-order valence-electron chi connectivity index (χ1n) is 11.4. The largest absolute Gasteiger partial charge is 0.493 e. The Labute approximate surface area is 227 Å². The van der Waals surface area contributed by atoms with Gasteiger partial charge in [-0.25, -0.2) is 4.98 Å². The first-order chi connectivity index (χ1) is 17.4. The number of ether oxygens (including phenoxy) is 2. The molecule has 4 aromatic rings. The second-order valence-electron chi connectivity index (χ2n) is 8.09. The molecule has 1 heterocycles. The highest BCUT2D eigenvalue weighted by molar-refractivity contribution is 9.10. The van der Waals surface area contributed by atoms with Gasteiger partial charge in [0.05, 0.1) is 24.2 Å². The van der Waals surface area contributed by atoms with Crippen molar-refractivity contribution in [3.05, 3.63) is 96.4 Å². The van der Waals surface area contributed by atoms with Crippen LogP contribution in [0.1, 0.15) is 36.7 Å². The van der Waals surface area contributed by atoms with Crippen molar-refractivity contribution < 1.29 is 9.47 Å². The number of methoxy groups -OCH3 is 1. The van der Waals surface area contributed by atoms with E-state index in [0.717, 1.165) is 28.4 Å². The molecule has 0 radical (unpaired) electrons. The fourth-order valence-electron chi connectivity index (χ4n) is 3.61. The van der Waals surface area contributed by atoms with Crippen LogP contribution in [0.25, 0.3) is 10.9 Å². The Hall–Kier alpha value is -2.87. The van der Waals surface area contributed by atoms with Gasteiger partial charge in [-0.1, -0.05) is 58.5 Å². The topological polar surface area (TPSA) is 65.7 Å². The van der Waals surface area contributed by atoms with Crippen molar-refractivity contribution in [2.45, 2.75) is 32.8 Å². The van der Waals surface area contributed by atoms with Crippen LogP contribution in [0.2, 0.25) is 10.0 Å². The first kappa shape index (κ1) is 26.2. The van der Waals surface area contributed by atoms with Crippen LogP contribution in [-0.4, -0.2) is 23.0 Å². The maximum absolute atomic E-state index is 13.3. The Morgan fingerprint density at radius 2 is 1.92 bits per heavy atom. The van der Waals surface area contributed by atoms with Crippen molar-refractivity contribution >= 4 is 56.2 Å². The number of benzene rings is 3. The van der Waals surface area contributed by atoms with Crippen LogP contribution < -0.4 is 15.0 Å². The molecule has 0 aliphatic heterocycles. The summed E-state index contributed by atoms with van der Waals surface area (Å²) in [4.78, 5) is 18.0. The molecule has 0 aliphatic carbocycles. The molecular weight excluding hydrogens is 565 g/mol. The molecule has 0 fully saturated rings. The second-order valence-corrected chi connectivity index (χ2v) is 9.85. The van der Waals surface area contributed by atoms with Crippen LogP contribution in [0.15, 0.2) is 69.0 Å². The average molecular weight is 589 g/mol. The van der Waals surface area contributed by atoms with E-state index < -0.39 is 0 Å². The van der Waals surface area contributed by atoms with E-state index in [2.05, 4.69) is 28.0 Å². The molecule has 6 nitrogen and oxygen atoms in total. The SMILES string of the molecule is CCCCc1nc2ccc(Br)cc2c(=O)n1N=Cc1ccc(OCc2ccc(Cl)cc2Cl)c(OC)c1. The molecule has 0 amide bonds. The van der Waals surface area contributed by atoms with Crippen molar-refractivity contribution in [3.63, 3.8) is 0 Å². The number of fused-ring (bicyclic) bond motifs is 1. The van der Waals surface area contributed by atoms with E-state index in [-0.39, 0.29) is 12.2 Å². The molecule has 0 atom stereocenters. The number of rotatable bonds is 9. The first-order valence-corrected chi connectivity index (χ1v) is 12.9. The number of hydrogen-bond acceptors (Lipinski definition) is 5. The summed E-state index contributed by atoms with van der Waals surface area (Å²) in [5, 5.41) is 6.10. The Kier molecular flexibility index (Phi) is 8.67. The van der Waals surface area contributed by atoms with Crippen LogP contribution >= 0.6 is 39.1 Å². The van der Waals surface area contributed by atoms with Gasteiger partial charge in [-0.15, -0.1) is 0 Å². The normalized spacial score (nSPS) is 11.4. The Morgan fingerprint density at radius 3 is 2.67 bits per heavy atom. The Bertz CT molecular complexity index is 1490. The molecule has 9 heteroatoms. The summed E-state index contributed by atoms with van der Waals surface area (Å²) >= 11 is 15.6. The summed E-state index contributed by atoms with van der Waals surface area (Å²) in [6.07, 6.45) is 4.16. The van der Waals surface area contributed by atoms with Crippen LogP contribution in [0.5, 0.6) is 11.5 Å². The van der Waals surface area contributed by atoms with Crippen molar-refractivity contribution in [3.8, 4) is 11.5 Å². The van der Waals surface area contributed by atoms with Crippen LogP contribution in [0.3, 0.4) is 0 Å². The van der Waals surface area contributed by atoms with E-state index in [1.165, 1.54) is 4.68 Å². The predicted octanol–water partition coefficient (Wildman–Crippen LogP) is 7.28. The van der Waals surface area contributed by atoms with Gasteiger partial charge in [-0.3, -0.25) is 4.79 Å². The molecule has 0 spiro atoms. The zero-order valence-corrected chi connectivity index (χ0v) is 22.9. The van der Waals surface area contributed by atoms with Crippen LogP contribution in [-0.2, 0) is 13.0 Å². The number of halogens is 3. The van der Waals surface area contributed by atoms with Gasteiger partial charge >= 0.3 is 0 Å². The zero-order chi connectivity index (χ0) is 25.7. The van der Waals surface area contributed by atoms with Gasteiger partial charge in [0.15, 0.2) is 11.5 Å². The molecule has 0 aliphatic rings. The lowest BCUT2D eigenvalue weighted by Gasteiger charge is -2.12. The number of aromatic nitrogens is 2. The Morgan fingerprint density at radius 1 is 1.08 bits per heavy atom. The van der Waals surface area contributed by atoms with E-state index in [1.807, 2.05) is 24.3 Å². The predicted molar refractivity (Wildman–Crippen MR) is 149 cm³/mol. The van der Waals surface area contributed by atoms with Gasteiger partial charge in [0, 0.05) is 26.5 Å². The minimum atomic E-state index is -0.213. The van der Waals surface area contributed by atoms with Gasteiger partial charge in [0.1, 0.15) is 12.4 Å². The van der Waals surface area contributed by atoms with Gasteiger partial charge in [-0.2, -0.15) is 9.78 Å². The van der Waals surface area contributed by atoms with E-state index in [4.69, 9.17) is 37.7 Å². The molecular formula is C27H24BrCl2N3O3. The molecule has 0 bridgehead atoms. The van der Waals surface area contributed by atoms with Gasteiger partial charge in [-0.05, 0) is 60.5 Å². The summed E-state index contributed by atoms with van der Waals surface area (Å²) in [5.74, 6) is 1.71. The third-order valence-corrected chi connectivity index (χ3v) is 6.62. The van der Waals surface area contributed by atoms with Crippen LogP contribution in [0.4, 0.5) is 0 Å². The summed E-state index contributed by atoms with van der Waals surface area (Å²) in [5.41, 5.74) is 2.00. The van der Waals surface area contributed by atoms with Crippen molar-refractivity contribution in [2.75, 3.05) is 7.11 Å². The van der Waals surface area contributed by atoms with E-state index in [9.17, 15) is 4.79 Å². The smallest absolute Gasteiger partial charge is 0.282 e. The fraction of sp³-hybridized carbons (Fsp3) is 0.222. The van der Waals surface area contributed by atoms with E-state index in [1.54, 1.807) is 43.7 Å². The summed E-state index contributed by atoms with van der Waals surface area (Å²) < 4.78 is 13.6. The highest BCUT2D eigenvalue weighted by Gasteiger charge is 2.12. The van der Waals surface area contributed by atoms with Crippen molar-refractivity contribution in [2.24, 2.45) is 5.10 Å². The molecule has 4 rings (SSSR count).